The first-order valence-corrected chi connectivity index (χ1v) is 7.26. The molecular formula is C16H19N5. The smallest absolute Gasteiger partial charge is 0.145 e. The van der Waals surface area contributed by atoms with E-state index in [-0.39, 0.29) is 0 Å². The van der Waals surface area contributed by atoms with Crippen LogP contribution in [0.15, 0.2) is 36.5 Å². The monoisotopic (exact) mass is 281 g/mol. The fourth-order valence-corrected chi connectivity index (χ4v) is 2.84. The maximum Gasteiger partial charge on any atom is 0.145 e. The standard InChI is InChI=1S/C16H19N5/c17-11-13-1-3-14(4-2-13)12-20-8-5-15(6-9-20)21-10-7-16(18)19-21/h1-4,7,10,15H,5-6,8-9,12H2,(H2,18,19). The van der Waals surface area contributed by atoms with Gasteiger partial charge >= 0.3 is 0 Å². The minimum Gasteiger partial charge on any atom is -0.382 e. The third-order valence-electron chi connectivity index (χ3n) is 4.05. The molecule has 21 heavy (non-hydrogen) atoms. The SMILES string of the molecule is N#Cc1ccc(CN2CCC(n3ccc(N)n3)CC2)cc1. The lowest BCUT2D eigenvalue weighted by molar-refractivity contribution is 0.173. The highest BCUT2D eigenvalue weighted by Gasteiger charge is 2.20. The number of nitrogens with two attached hydrogens (primary N) is 1. The Labute approximate surface area is 124 Å². The van der Waals surface area contributed by atoms with Crippen molar-refractivity contribution in [2.75, 3.05) is 18.8 Å². The Kier molecular flexibility index (Phi) is 3.89. The summed E-state index contributed by atoms with van der Waals surface area (Å²) in [5.41, 5.74) is 7.65. The van der Waals surface area contributed by atoms with Gasteiger partial charge in [-0.2, -0.15) is 10.4 Å². The number of anilines is 1. The number of nitrogens with zero attached hydrogens (tertiary/aromatic N) is 4. The van der Waals surface area contributed by atoms with E-state index in [1.807, 2.05) is 41.2 Å². The van der Waals surface area contributed by atoms with E-state index in [0.717, 1.165) is 32.5 Å². The summed E-state index contributed by atoms with van der Waals surface area (Å²) in [6.07, 6.45) is 4.16. The number of nitriles is 1. The second-order valence-corrected chi connectivity index (χ2v) is 5.54. The summed E-state index contributed by atoms with van der Waals surface area (Å²) in [7, 11) is 0. The van der Waals surface area contributed by atoms with Crippen molar-refractivity contribution in [3.8, 4) is 6.07 Å². The lowest BCUT2D eigenvalue weighted by Crippen LogP contribution is -2.34. The topological polar surface area (TPSA) is 70.9 Å². The van der Waals surface area contributed by atoms with Crippen LogP contribution >= 0.6 is 0 Å². The van der Waals surface area contributed by atoms with Crippen LogP contribution in [0.4, 0.5) is 5.82 Å². The van der Waals surface area contributed by atoms with Crippen molar-refractivity contribution < 1.29 is 0 Å². The van der Waals surface area contributed by atoms with Crippen LogP contribution in [0.3, 0.4) is 0 Å². The van der Waals surface area contributed by atoms with Gasteiger partial charge in [-0.15, -0.1) is 0 Å². The number of aromatic nitrogens is 2. The first-order valence-electron chi connectivity index (χ1n) is 7.26. The Hall–Kier alpha value is -2.32. The molecule has 2 aromatic rings. The number of rotatable bonds is 3. The molecule has 5 nitrogen and oxygen atoms in total. The van der Waals surface area contributed by atoms with Crippen LogP contribution < -0.4 is 5.73 Å². The van der Waals surface area contributed by atoms with Crippen molar-refractivity contribution in [3.05, 3.63) is 47.7 Å². The third kappa shape index (κ3) is 3.23. The first-order chi connectivity index (χ1) is 10.2. The molecule has 5 heteroatoms. The molecule has 1 saturated heterocycles. The van der Waals surface area contributed by atoms with Gasteiger partial charge in [0.05, 0.1) is 17.7 Å². The largest absolute Gasteiger partial charge is 0.382 e. The van der Waals surface area contributed by atoms with Gasteiger partial charge in [-0.05, 0) is 36.6 Å². The summed E-state index contributed by atoms with van der Waals surface area (Å²) in [5.74, 6) is 0.593. The van der Waals surface area contributed by atoms with Gasteiger partial charge in [0, 0.05) is 25.8 Å². The molecule has 2 heterocycles. The van der Waals surface area contributed by atoms with E-state index in [9.17, 15) is 0 Å². The lowest BCUT2D eigenvalue weighted by Gasteiger charge is -2.32. The second kappa shape index (κ2) is 5.98. The van der Waals surface area contributed by atoms with E-state index in [1.165, 1.54) is 5.56 Å². The predicted molar refractivity (Wildman–Crippen MR) is 81.3 cm³/mol. The van der Waals surface area contributed by atoms with E-state index >= 15 is 0 Å². The third-order valence-corrected chi connectivity index (χ3v) is 4.05. The molecule has 1 aliphatic heterocycles. The molecule has 0 aliphatic carbocycles. The number of benzene rings is 1. The van der Waals surface area contributed by atoms with Crippen LogP contribution in [0.5, 0.6) is 0 Å². The summed E-state index contributed by atoms with van der Waals surface area (Å²) in [6.45, 7) is 3.06. The van der Waals surface area contributed by atoms with Gasteiger partial charge in [-0.1, -0.05) is 12.1 Å². The highest BCUT2D eigenvalue weighted by atomic mass is 15.3. The van der Waals surface area contributed by atoms with Crippen LogP contribution in [0.1, 0.15) is 30.0 Å². The lowest BCUT2D eigenvalue weighted by atomic mass is 10.0. The van der Waals surface area contributed by atoms with Crippen molar-refractivity contribution in [3.63, 3.8) is 0 Å². The predicted octanol–water partition coefficient (Wildman–Crippen LogP) is 2.17. The zero-order valence-electron chi connectivity index (χ0n) is 11.9. The number of nitrogen functional groups attached to an aromatic ring is 1. The van der Waals surface area contributed by atoms with Crippen LogP contribution in [0.2, 0.25) is 0 Å². The molecule has 108 valence electrons. The van der Waals surface area contributed by atoms with Crippen LogP contribution in [-0.2, 0) is 6.54 Å². The van der Waals surface area contributed by atoms with Gasteiger partial charge in [-0.3, -0.25) is 9.58 Å². The van der Waals surface area contributed by atoms with Crippen molar-refractivity contribution in [1.82, 2.24) is 14.7 Å². The fraction of sp³-hybridized carbons (Fsp3) is 0.375. The number of hydrogen-bond donors (Lipinski definition) is 1. The Morgan fingerprint density at radius 3 is 2.48 bits per heavy atom. The molecule has 2 N–H and O–H groups in total. The van der Waals surface area contributed by atoms with Crippen molar-refractivity contribution in [2.24, 2.45) is 0 Å². The first kappa shape index (κ1) is 13.7. The Morgan fingerprint density at radius 1 is 1.19 bits per heavy atom. The molecular weight excluding hydrogens is 262 g/mol. The number of likely N-dealkylation sites (tertiary alicyclic amines) is 1. The minimum absolute atomic E-state index is 0.458. The Morgan fingerprint density at radius 2 is 1.90 bits per heavy atom. The number of piperidine rings is 1. The summed E-state index contributed by atoms with van der Waals surface area (Å²) in [6, 6.07) is 12.3. The van der Waals surface area contributed by atoms with Gasteiger partial charge in [0.25, 0.3) is 0 Å². The molecule has 1 aromatic heterocycles. The molecule has 1 aliphatic rings. The van der Waals surface area contributed by atoms with Gasteiger partial charge in [0.15, 0.2) is 0 Å². The Bertz CT molecular complexity index is 629. The zero-order chi connectivity index (χ0) is 14.7. The van der Waals surface area contributed by atoms with Crippen LogP contribution in [0, 0.1) is 11.3 Å². The van der Waals surface area contributed by atoms with Gasteiger partial charge in [0.1, 0.15) is 5.82 Å². The van der Waals surface area contributed by atoms with Gasteiger partial charge < -0.3 is 5.73 Å². The maximum atomic E-state index is 8.81. The normalized spacial score (nSPS) is 16.7. The summed E-state index contributed by atoms with van der Waals surface area (Å²) < 4.78 is 1.99. The maximum absolute atomic E-state index is 8.81. The molecule has 0 atom stereocenters. The molecule has 0 saturated carbocycles. The summed E-state index contributed by atoms with van der Waals surface area (Å²) >= 11 is 0. The molecule has 0 unspecified atom stereocenters. The van der Waals surface area contributed by atoms with Crippen molar-refractivity contribution in [1.29, 1.82) is 5.26 Å². The fourth-order valence-electron chi connectivity index (χ4n) is 2.84. The molecule has 3 rings (SSSR count). The average Bonchev–Trinajstić information content (AvgIpc) is 2.95. The zero-order valence-corrected chi connectivity index (χ0v) is 11.9. The molecule has 0 radical (unpaired) electrons. The summed E-state index contributed by atoms with van der Waals surface area (Å²) in [5, 5.41) is 13.1. The molecule has 0 spiro atoms. The van der Waals surface area contributed by atoms with Crippen molar-refractivity contribution >= 4 is 5.82 Å². The Balaban J connectivity index is 1.54. The van der Waals surface area contributed by atoms with Crippen LogP contribution in [0.25, 0.3) is 0 Å². The molecule has 1 fully saturated rings. The number of hydrogen-bond acceptors (Lipinski definition) is 4. The van der Waals surface area contributed by atoms with Gasteiger partial charge in [0.2, 0.25) is 0 Å². The van der Waals surface area contributed by atoms with Crippen LogP contribution in [-0.4, -0.2) is 27.8 Å². The summed E-state index contributed by atoms with van der Waals surface area (Å²) in [4.78, 5) is 2.45. The second-order valence-electron chi connectivity index (χ2n) is 5.54. The van der Waals surface area contributed by atoms with Gasteiger partial charge in [-0.25, -0.2) is 0 Å². The quantitative estimate of drug-likeness (QED) is 0.936. The van der Waals surface area contributed by atoms with E-state index in [0.29, 0.717) is 17.4 Å². The molecule has 1 aromatic carbocycles. The molecule has 0 amide bonds. The van der Waals surface area contributed by atoms with E-state index in [4.69, 9.17) is 11.0 Å². The van der Waals surface area contributed by atoms with E-state index in [2.05, 4.69) is 16.1 Å². The minimum atomic E-state index is 0.458. The highest BCUT2D eigenvalue weighted by Crippen LogP contribution is 2.23. The highest BCUT2D eigenvalue weighted by molar-refractivity contribution is 5.31. The molecule has 0 bridgehead atoms. The van der Waals surface area contributed by atoms with E-state index < -0.39 is 0 Å². The van der Waals surface area contributed by atoms with E-state index in [1.54, 1.807) is 0 Å². The van der Waals surface area contributed by atoms with Crippen molar-refractivity contribution in [2.45, 2.75) is 25.4 Å². The average molecular weight is 281 g/mol.